The first-order valence-electron chi connectivity index (χ1n) is 13.2. The van der Waals surface area contributed by atoms with Crippen LogP contribution in [-0.4, -0.2) is 47.1 Å². The summed E-state index contributed by atoms with van der Waals surface area (Å²) in [5.74, 6) is -1.20. The molecule has 8 nitrogen and oxygen atoms in total. The Morgan fingerprint density at radius 2 is 2.00 bits per heavy atom. The van der Waals surface area contributed by atoms with E-state index in [0.717, 1.165) is 36.9 Å². The van der Waals surface area contributed by atoms with Gasteiger partial charge in [0.1, 0.15) is 17.4 Å². The second-order valence-electron chi connectivity index (χ2n) is 10.3. The number of carbonyl (C=O) groups is 2. The molecule has 1 fully saturated rings. The number of halogens is 2. The first-order chi connectivity index (χ1) is 18.3. The van der Waals surface area contributed by atoms with Gasteiger partial charge < -0.3 is 25.1 Å². The number of aromatic nitrogens is 1. The Morgan fingerprint density at radius 3 is 2.79 bits per heavy atom. The van der Waals surface area contributed by atoms with Crippen molar-refractivity contribution < 1.29 is 23.5 Å². The molecule has 0 radical (unpaired) electrons. The molecule has 1 aromatic heterocycles. The van der Waals surface area contributed by atoms with Gasteiger partial charge in [0.2, 0.25) is 5.91 Å². The third-order valence-electron chi connectivity index (χ3n) is 7.50. The van der Waals surface area contributed by atoms with Crippen LogP contribution in [0.15, 0.2) is 40.8 Å². The maximum absolute atomic E-state index is 13.7. The van der Waals surface area contributed by atoms with E-state index in [1.165, 1.54) is 18.6 Å². The fourth-order valence-electron chi connectivity index (χ4n) is 5.67. The van der Waals surface area contributed by atoms with Crippen LogP contribution in [0.25, 0.3) is 11.1 Å². The van der Waals surface area contributed by atoms with Gasteiger partial charge in [-0.2, -0.15) is 4.98 Å². The summed E-state index contributed by atoms with van der Waals surface area (Å²) in [6.45, 7) is 0.953. The van der Waals surface area contributed by atoms with Gasteiger partial charge >= 0.3 is 5.97 Å². The summed E-state index contributed by atoms with van der Waals surface area (Å²) in [5.41, 5.74) is 2.91. The summed E-state index contributed by atoms with van der Waals surface area (Å²) in [4.78, 5) is 31.8. The highest BCUT2D eigenvalue weighted by molar-refractivity contribution is 6.31. The van der Waals surface area contributed by atoms with Crippen molar-refractivity contribution in [2.24, 2.45) is 5.92 Å². The number of fused-ring (bicyclic) bond motifs is 2. The maximum atomic E-state index is 13.7. The van der Waals surface area contributed by atoms with Crippen molar-refractivity contribution in [3.8, 4) is 0 Å². The second-order valence-corrected chi connectivity index (χ2v) is 10.8. The molecular weight excluding hydrogens is 511 g/mol. The molecule has 1 unspecified atom stereocenters. The minimum Gasteiger partial charge on any atom is -0.481 e. The number of carbonyl (C=O) groups excluding carboxylic acids is 1. The molecule has 10 heteroatoms. The number of rotatable bonds is 10. The smallest absolute Gasteiger partial charge is 0.305 e. The quantitative estimate of drug-likeness (QED) is 0.315. The van der Waals surface area contributed by atoms with Crippen LogP contribution >= 0.6 is 11.6 Å². The monoisotopic (exact) mass is 542 g/mol. The van der Waals surface area contributed by atoms with E-state index in [-0.39, 0.29) is 24.2 Å². The van der Waals surface area contributed by atoms with Crippen LogP contribution in [0, 0.1) is 11.7 Å². The molecule has 2 atom stereocenters. The average molecular weight is 543 g/mol. The SMILES string of the molecule is O=C(O)CC(CN1CCc2cc(F)ccc21)NC(=O)[C@H](CC1CCCCC1)Nc1nc2ccc(Cl)cc2o1. The van der Waals surface area contributed by atoms with Crippen LogP contribution < -0.4 is 15.5 Å². The van der Waals surface area contributed by atoms with E-state index in [4.69, 9.17) is 16.0 Å². The number of carboxylic acids is 1. The summed E-state index contributed by atoms with van der Waals surface area (Å²) in [7, 11) is 0. The van der Waals surface area contributed by atoms with Gasteiger partial charge in [0, 0.05) is 29.9 Å². The van der Waals surface area contributed by atoms with E-state index in [1.807, 2.05) is 4.90 Å². The maximum Gasteiger partial charge on any atom is 0.305 e. The number of aliphatic carboxylic acids is 1. The van der Waals surface area contributed by atoms with Gasteiger partial charge in [-0.1, -0.05) is 43.7 Å². The minimum atomic E-state index is -0.999. The lowest BCUT2D eigenvalue weighted by atomic mass is 9.84. The zero-order chi connectivity index (χ0) is 26.6. The van der Waals surface area contributed by atoms with Crippen molar-refractivity contribution in [1.82, 2.24) is 10.3 Å². The topological polar surface area (TPSA) is 108 Å². The summed E-state index contributed by atoms with van der Waals surface area (Å²) < 4.78 is 19.5. The average Bonchev–Trinajstić information content (AvgIpc) is 3.46. The largest absolute Gasteiger partial charge is 0.481 e. The number of nitrogens with one attached hydrogen (secondary N) is 2. The van der Waals surface area contributed by atoms with Crippen LogP contribution in [0.1, 0.15) is 50.5 Å². The Balaban J connectivity index is 1.33. The normalized spacial score (nSPS) is 17.3. The number of carboxylic acid groups (broad SMARTS) is 1. The molecule has 2 aliphatic rings. The molecule has 5 rings (SSSR count). The first-order valence-corrected chi connectivity index (χ1v) is 13.6. The molecule has 2 heterocycles. The Hall–Kier alpha value is -3.33. The Bertz CT molecular complexity index is 1310. The van der Waals surface area contributed by atoms with Crippen molar-refractivity contribution in [3.63, 3.8) is 0 Å². The fraction of sp³-hybridized carbons (Fsp3) is 0.464. The van der Waals surface area contributed by atoms with E-state index in [2.05, 4.69) is 15.6 Å². The highest BCUT2D eigenvalue weighted by atomic mass is 35.5. The highest BCUT2D eigenvalue weighted by Crippen LogP contribution is 2.31. The number of anilines is 2. The number of hydrogen-bond acceptors (Lipinski definition) is 6. The van der Waals surface area contributed by atoms with Gasteiger partial charge in [0.25, 0.3) is 6.01 Å². The lowest BCUT2D eigenvalue weighted by molar-refractivity contribution is -0.137. The van der Waals surface area contributed by atoms with E-state index in [0.29, 0.717) is 48.0 Å². The zero-order valence-corrected chi connectivity index (χ0v) is 21.8. The Kier molecular flexibility index (Phi) is 8.02. The van der Waals surface area contributed by atoms with Crippen molar-refractivity contribution in [3.05, 3.63) is 52.8 Å². The molecule has 3 N–H and O–H groups in total. The van der Waals surface area contributed by atoms with Crippen LogP contribution in [0.4, 0.5) is 16.1 Å². The predicted octanol–water partition coefficient (Wildman–Crippen LogP) is 5.39. The first kappa shape index (κ1) is 26.3. The van der Waals surface area contributed by atoms with E-state index in [1.54, 1.807) is 24.3 Å². The molecule has 1 aliphatic heterocycles. The number of amides is 1. The molecule has 0 saturated heterocycles. The molecule has 3 aromatic rings. The van der Waals surface area contributed by atoms with Crippen LogP contribution in [0.5, 0.6) is 0 Å². The molecule has 2 aromatic carbocycles. The Labute approximate surface area is 225 Å². The van der Waals surface area contributed by atoms with E-state index >= 15 is 0 Å². The molecule has 202 valence electrons. The second kappa shape index (κ2) is 11.6. The van der Waals surface area contributed by atoms with Crippen LogP contribution in [0.3, 0.4) is 0 Å². The van der Waals surface area contributed by atoms with Gasteiger partial charge in [0.05, 0.1) is 12.5 Å². The molecule has 0 bridgehead atoms. The van der Waals surface area contributed by atoms with Gasteiger partial charge in [-0.3, -0.25) is 9.59 Å². The summed E-state index contributed by atoms with van der Waals surface area (Å²) in [6.07, 6.45) is 6.62. The van der Waals surface area contributed by atoms with Crippen molar-refractivity contribution in [2.45, 2.75) is 63.5 Å². The summed E-state index contributed by atoms with van der Waals surface area (Å²) in [5, 5.41) is 16.3. The molecular formula is C28H32ClFN4O4. The van der Waals surface area contributed by atoms with Crippen LogP contribution in [0.2, 0.25) is 5.02 Å². The van der Waals surface area contributed by atoms with Gasteiger partial charge in [0.15, 0.2) is 5.58 Å². The molecule has 0 spiro atoms. The lowest BCUT2D eigenvalue weighted by Crippen LogP contribution is -2.50. The van der Waals surface area contributed by atoms with Gasteiger partial charge in [-0.05, 0) is 54.7 Å². The molecule has 38 heavy (non-hydrogen) atoms. The number of nitrogens with zero attached hydrogens (tertiary/aromatic N) is 2. The summed E-state index contributed by atoms with van der Waals surface area (Å²) in [6, 6.07) is 8.74. The van der Waals surface area contributed by atoms with Crippen LogP contribution in [-0.2, 0) is 16.0 Å². The number of oxazole rings is 1. The minimum absolute atomic E-state index is 0.225. The van der Waals surface area contributed by atoms with Gasteiger partial charge in [-0.15, -0.1) is 0 Å². The van der Waals surface area contributed by atoms with Crippen molar-refractivity contribution in [2.75, 3.05) is 23.3 Å². The van der Waals surface area contributed by atoms with Crippen molar-refractivity contribution >= 4 is 46.3 Å². The highest BCUT2D eigenvalue weighted by Gasteiger charge is 2.30. The molecule has 1 saturated carbocycles. The molecule has 1 amide bonds. The number of hydrogen-bond donors (Lipinski definition) is 3. The summed E-state index contributed by atoms with van der Waals surface area (Å²) >= 11 is 6.08. The zero-order valence-electron chi connectivity index (χ0n) is 21.1. The third kappa shape index (κ3) is 6.38. The van der Waals surface area contributed by atoms with E-state index < -0.39 is 18.1 Å². The molecule has 1 aliphatic carbocycles. The fourth-order valence-corrected chi connectivity index (χ4v) is 5.83. The lowest BCUT2D eigenvalue weighted by Gasteiger charge is -2.29. The van der Waals surface area contributed by atoms with Crippen molar-refractivity contribution in [1.29, 1.82) is 0 Å². The Morgan fingerprint density at radius 1 is 1.18 bits per heavy atom. The standard InChI is InChI=1S/C28H32ClFN4O4/c29-19-6-8-22-25(14-19)38-28(32-22)33-23(12-17-4-2-1-3-5-17)27(37)31-21(15-26(35)36)16-34-11-10-18-13-20(30)7-9-24(18)34/h6-9,13-14,17,21,23H,1-5,10-12,15-16H2,(H,31,37)(H,32,33)(H,35,36)/t21?,23-/m0/s1. The number of benzene rings is 2. The third-order valence-corrected chi connectivity index (χ3v) is 7.74. The van der Waals surface area contributed by atoms with Gasteiger partial charge in [-0.25, -0.2) is 4.39 Å². The van der Waals surface area contributed by atoms with E-state index in [9.17, 15) is 19.1 Å². The predicted molar refractivity (Wildman–Crippen MR) is 144 cm³/mol.